The number of rotatable bonds is 2. The molecule has 1 N–H and O–H groups in total. The maximum atomic E-state index is 9.95. The van der Waals surface area contributed by atoms with Crippen LogP contribution in [0.4, 0.5) is 0 Å². The van der Waals surface area contributed by atoms with Crippen LogP contribution < -0.4 is 0 Å². The minimum atomic E-state index is -0.921. The molecule has 0 spiro atoms. The van der Waals surface area contributed by atoms with E-state index in [9.17, 15) is 4.79 Å². The van der Waals surface area contributed by atoms with Gasteiger partial charge >= 0.3 is 5.97 Å². The largest absolute Gasteiger partial charge is 0.479 e. The van der Waals surface area contributed by atoms with Gasteiger partial charge in [-0.3, -0.25) is 0 Å². The molecule has 1 fully saturated rings. The number of ether oxygens (including phenoxy) is 1. The molecule has 2 unspecified atom stereocenters. The van der Waals surface area contributed by atoms with Crippen molar-refractivity contribution in [2.75, 3.05) is 5.88 Å². The first-order valence-corrected chi connectivity index (χ1v) is 2.73. The maximum absolute atomic E-state index is 9.95. The molecule has 0 aliphatic carbocycles. The minimum Gasteiger partial charge on any atom is -0.479 e. The van der Waals surface area contributed by atoms with E-state index in [2.05, 4.69) is 4.74 Å². The molecule has 0 aromatic rings. The lowest BCUT2D eigenvalue weighted by atomic mass is 10.3. The van der Waals surface area contributed by atoms with Gasteiger partial charge in [-0.05, 0) is 0 Å². The number of halogens is 1. The molecule has 4 heteroatoms. The Morgan fingerprint density at radius 3 is 2.62 bits per heavy atom. The summed E-state index contributed by atoms with van der Waals surface area (Å²) in [5.74, 6) is -0.646. The van der Waals surface area contributed by atoms with Crippen LogP contribution >= 0.6 is 11.6 Å². The fourth-order valence-electron chi connectivity index (χ4n) is 0.477. The third-order valence-electron chi connectivity index (χ3n) is 0.978. The van der Waals surface area contributed by atoms with Crippen molar-refractivity contribution in [1.29, 1.82) is 0 Å². The second-order valence-electron chi connectivity index (χ2n) is 1.59. The van der Waals surface area contributed by atoms with Crippen molar-refractivity contribution in [2.24, 2.45) is 0 Å². The van der Waals surface area contributed by atoms with Crippen molar-refractivity contribution < 1.29 is 14.6 Å². The molecule has 2 atom stereocenters. The van der Waals surface area contributed by atoms with E-state index in [-0.39, 0.29) is 12.0 Å². The molecular weight excluding hydrogens is 131 g/mol. The topological polar surface area (TPSA) is 49.8 Å². The Balaban J connectivity index is 2.26. The lowest BCUT2D eigenvalue weighted by Gasteiger charge is -1.77. The second-order valence-corrected chi connectivity index (χ2v) is 1.90. The van der Waals surface area contributed by atoms with Gasteiger partial charge in [-0.2, -0.15) is 0 Å². The zero-order valence-corrected chi connectivity index (χ0v) is 4.76. The highest BCUT2D eigenvalue weighted by atomic mass is 35.5. The van der Waals surface area contributed by atoms with Gasteiger partial charge in [0, 0.05) is 0 Å². The third-order valence-corrected chi connectivity index (χ3v) is 1.28. The van der Waals surface area contributed by atoms with E-state index in [1.54, 1.807) is 0 Å². The summed E-state index contributed by atoms with van der Waals surface area (Å²) in [5, 5.41) is 8.17. The van der Waals surface area contributed by atoms with E-state index in [1.807, 2.05) is 0 Å². The van der Waals surface area contributed by atoms with Gasteiger partial charge in [-0.25, -0.2) is 4.79 Å². The van der Waals surface area contributed by atoms with Gasteiger partial charge in [0.1, 0.15) is 6.10 Å². The summed E-state index contributed by atoms with van der Waals surface area (Å²) in [6.45, 7) is 0. The molecular formula is C4H5ClO3. The van der Waals surface area contributed by atoms with Crippen molar-refractivity contribution in [3.8, 4) is 0 Å². The standard InChI is InChI=1S/C4H5ClO3/c5-1-2-3(8-2)4(6)7/h2-3H,1H2,(H,6,7). The quantitative estimate of drug-likeness (QED) is 0.432. The molecule has 1 aliphatic rings. The molecule has 1 heterocycles. The highest BCUT2D eigenvalue weighted by molar-refractivity contribution is 6.18. The summed E-state index contributed by atoms with van der Waals surface area (Å²) in [4.78, 5) is 9.95. The minimum absolute atomic E-state index is 0.242. The molecule has 3 nitrogen and oxygen atoms in total. The first-order valence-electron chi connectivity index (χ1n) is 2.20. The van der Waals surface area contributed by atoms with Gasteiger partial charge in [0.15, 0.2) is 6.10 Å². The normalized spacial score (nSPS) is 34.6. The van der Waals surface area contributed by atoms with Crippen LogP contribution in [0.2, 0.25) is 0 Å². The third kappa shape index (κ3) is 0.928. The molecule has 0 bridgehead atoms. The van der Waals surface area contributed by atoms with Gasteiger partial charge in [0.2, 0.25) is 0 Å². The summed E-state index contributed by atoms with van der Waals surface area (Å²) in [6.07, 6.45) is -0.873. The van der Waals surface area contributed by atoms with Gasteiger partial charge in [0.05, 0.1) is 5.88 Å². The average molecular weight is 137 g/mol. The molecule has 0 aromatic heterocycles. The summed E-state index contributed by atoms with van der Waals surface area (Å²) < 4.78 is 4.60. The predicted molar refractivity (Wildman–Crippen MR) is 27.0 cm³/mol. The zero-order chi connectivity index (χ0) is 6.15. The number of epoxide rings is 1. The number of carboxylic acids is 1. The Bertz CT molecular complexity index is 114. The van der Waals surface area contributed by atoms with Crippen LogP contribution in [0, 0.1) is 0 Å². The molecule has 0 amide bonds. The lowest BCUT2D eigenvalue weighted by Crippen LogP contribution is -2.08. The Labute approximate surface area is 51.2 Å². The lowest BCUT2D eigenvalue weighted by molar-refractivity contribution is -0.138. The van der Waals surface area contributed by atoms with Gasteiger partial charge in [0.25, 0.3) is 0 Å². The average Bonchev–Trinajstić information content (AvgIpc) is 2.42. The Hall–Kier alpha value is -0.280. The van der Waals surface area contributed by atoms with E-state index in [4.69, 9.17) is 16.7 Å². The molecule has 0 radical (unpaired) electrons. The summed E-state index contributed by atoms with van der Waals surface area (Å²) >= 11 is 5.25. The van der Waals surface area contributed by atoms with Crippen molar-refractivity contribution in [1.82, 2.24) is 0 Å². The molecule has 1 saturated heterocycles. The van der Waals surface area contributed by atoms with Crippen molar-refractivity contribution >= 4 is 17.6 Å². The first kappa shape index (κ1) is 5.85. The molecule has 0 aromatic carbocycles. The summed E-state index contributed by atoms with van der Waals surface area (Å²) in [5.41, 5.74) is 0. The van der Waals surface area contributed by atoms with Crippen LogP contribution in [-0.2, 0) is 9.53 Å². The van der Waals surface area contributed by atoms with E-state index in [0.29, 0.717) is 0 Å². The van der Waals surface area contributed by atoms with Crippen LogP contribution in [0.15, 0.2) is 0 Å². The SMILES string of the molecule is O=C(O)C1OC1CCl. The number of hydrogen-bond donors (Lipinski definition) is 1. The predicted octanol–water partition coefficient (Wildman–Crippen LogP) is 0.0772. The Morgan fingerprint density at radius 1 is 1.88 bits per heavy atom. The van der Waals surface area contributed by atoms with E-state index >= 15 is 0 Å². The smallest absolute Gasteiger partial charge is 0.335 e. The fraction of sp³-hybridized carbons (Fsp3) is 0.750. The Morgan fingerprint density at radius 2 is 2.50 bits per heavy atom. The zero-order valence-electron chi connectivity index (χ0n) is 4.00. The summed E-state index contributed by atoms with van der Waals surface area (Å²) in [7, 11) is 0. The second kappa shape index (κ2) is 1.91. The number of carbonyl (C=O) groups is 1. The highest BCUT2D eigenvalue weighted by Gasteiger charge is 2.44. The van der Waals surface area contributed by atoms with Crippen LogP contribution in [-0.4, -0.2) is 29.2 Å². The van der Waals surface area contributed by atoms with Gasteiger partial charge < -0.3 is 9.84 Å². The number of alkyl halides is 1. The van der Waals surface area contributed by atoms with E-state index in [1.165, 1.54) is 0 Å². The number of carboxylic acid groups (broad SMARTS) is 1. The van der Waals surface area contributed by atoms with Crippen LogP contribution in [0.25, 0.3) is 0 Å². The van der Waals surface area contributed by atoms with Crippen LogP contribution in [0.3, 0.4) is 0 Å². The molecule has 0 saturated carbocycles. The van der Waals surface area contributed by atoms with Crippen LogP contribution in [0.1, 0.15) is 0 Å². The van der Waals surface area contributed by atoms with Crippen molar-refractivity contribution in [3.63, 3.8) is 0 Å². The maximum Gasteiger partial charge on any atom is 0.335 e. The Kier molecular flexibility index (Phi) is 1.40. The monoisotopic (exact) mass is 136 g/mol. The molecule has 8 heavy (non-hydrogen) atoms. The summed E-state index contributed by atoms with van der Waals surface area (Å²) in [6, 6.07) is 0. The molecule has 1 rings (SSSR count). The van der Waals surface area contributed by atoms with E-state index in [0.717, 1.165) is 0 Å². The van der Waals surface area contributed by atoms with Crippen LogP contribution in [0.5, 0.6) is 0 Å². The van der Waals surface area contributed by atoms with Crippen molar-refractivity contribution in [3.05, 3.63) is 0 Å². The van der Waals surface area contributed by atoms with Gasteiger partial charge in [-0.15, -0.1) is 11.6 Å². The highest BCUT2D eigenvalue weighted by Crippen LogP contribution is 2.22. The number of aliphatic carboxylic acids is 1. The molecule has 46 valence electrons. The first-order chi connectivity index (χ1) is 3.75. The van der Waals surface area contributed by atoms with E-state index < -0.39 is 12.1 Å². The van der Waals surface area contributed by atoms with Gasteiger partial charge in [-0.1, -0.05) is 0 Å². The molecule has 1 aliphatic heterocycles. The fourth-order valence-corrected chi connectivity index (χ4v) is 0.712. The number of hydrogen-bond acceptors (Lipinski definition) is 2. The van der Waals surface area contributed by atoms with Crippen molar-refractivity contribution in [2.45, 2.75) is 12.2 Å².